The van der Waals surface area contributed by atoms with E-state index in [0.717, 1.165) is 45.8 Å². The second kappa shape index (κ2) is 11.3. The summed E-state index contributed by atoms with van der Waals surface area (Å²) in [6.07, 6.45) is 5.28. The molecule has 0 atom stereocenters. The predicted octanol–water partition coefficient (Wildman–Crippen LogP) is 5.08. The number of carbonyl (C=O) groups is 1. The number of nitrogens with one attached hydrogen (secondary N) is 1. The molecule has 0 spiro atoms. The molecule has 2 heterocycles. The molecule has 0 aliphatic carbocycles. The summed E-state index contributed by atoms with van der Waals surface area (Å²) in [6.45, 7) is 3.11. The van der Waals surface area contributed by atoms with Gasteiger partial charge in [-0.3, -0.25) is 10.1 Å². The third-order valence-electron chi connectivity index (χ3n) is 5.30. The second-order valence-corrected chi connectivity index (χ2v) is 8.76. The van der Waals surface area contributed by atoms with Crippen molar-refractivity contribution in [3.63, 3.8) is 0 Å². The van der Waals surface area contributed by atoms with Crippen molar-refractivity contribution < 1.29 is 14.3 Å². The Bertz CT molecular complexity index is 1380. The van der Waals surface area contributed by atoms with Gasteiger partial charge in [0, 0.05) is 29.1 Å². The van der Waals surface area contributed by atoms with Crippen LogP contribution in [0, 0.1) is 11.3 Å². The van der Waals surface area contributed by atoms with E-state index in [1.165, 1.54) is 11.3 Å². The molecule has 9 heteroatoms. The van der Waals surface area contributed by atoms with Crippen LogP contribution in [0.15, 0.2) is 60.3 Å². The summed E-state index contributed by atoms with van der Waals surface area (Å²) in [7, 11) is 1.63. The summed E-state index contributed by atoms with van der Waals surface area (Å²) in [5.74, 6) is 1.02. The number of aryl methyl sites for hydroxylation is 1. The Morgan fingerprint density at radius 3 is 2.69 bits per heavy atom. The van der Waals surface area contributed by atoms with Crippen molar-refractivity contribution in [3.05, 3.63) is 70.9 Å². The first kappa shape index (κ1) is 24.0. The quantitative estimate of drug-likeness (QED) is 0.247. The van der Waals surface area contributed by atoms with Crippen LogP contribution >= 0.6 is 11.3 Å². The number of fused-ring (bicyclic) bond motifs is 1. The monoisotopic (exact) mass is 487 g/mol. The van der Waals surface area contributed by atoms with Crippen molar-refractivity contribution in [1.82, 2.24) is 14.8 Å². The molecule has 178 valence electrons. The van der Waals surface area contributed by atoms with Gasteiger partial charge in [-0.25, -0.2) is 0 Å². The largest absolute Gasteiger partial charge is 0.497 e. The Morgan fingerprint density at radius 2 is 1.94 bits per heavy atom. The summed E-state index contributed by atoms with van der Waals surface area (Å²) in [4.78, 5) is 12.7. The Labute approximate surface area is 207 Å². The number of anilines is 1. The average molecular weight is 488 g/mol. The lowest BCUT2D eigenvalue weighted by Crippen LogP contribution is -2.13. The van der Waals surface area contributed by atoms with Crippen molar-refractivity contribution in [2.45, 2.75) is 26.3 Å². The number of nitriles is 1. The number of hydrogen-bond donors (Lipinski definition) is 1. The maximum atomic E-state index is 12.7. The van der Waals surface area contributed by atoms with Crippen LogP contribution < -0.4 is 14.8 Å². The van der Waals surface area contributed by atoms with Gasteiger partial charge in [0.1, 0.15) is 34.8 Å². The second-order valence-electron chi connectivity index (χ2n) is 7.69. The van der Waals surface area contributed by atoms with Gasteiger partial charge in [0.2, 0.25) is 5.13 Å². The first-order chi connectivity index (χ1) is 17.1. The fourth-order valence-corrected chi connectivity index (χ4v) is 4.43. The van der Waals surface area contributed by atoms with Crippen molar-refractivity contribution in [2.75, 3.05) is 19.0 Å². The van der Waals surface area contributed by atoms with Gasteiger partial charge in [-0.1, -0.05) is 36.5 Å². The molecule has 0 saturated heterocycles. The van der Waals surface area contributed by atoms with E-state index in [-0.39, 0.29) is 5.57 Å². The predicted molar refractivity (Wildman–Crippen MR) is 137 cm³/mol. The molecule has 0 aliphatic rings. The highest BCUT2D eigenvalue weighted by atomic mass is 32.1. The maximum absolute atomic E-state index is 12.7. The molecule has 0 radical (unpaired) electrons. The molecule has 1 N–H and O–H groups in total. The number of hydrogen-bond acceptors (Lipinski definition) is 7. The van der Waals surface area contributed by atoms with Crippen LogP contribution in [0.25, 0.3) is 17.0 Å². The number of aromatic nitrogens is 3. The number of ether oxygens (including phenoxy) is 2. The molecule has 1 amide bonds. The zero-order chi connectivity index (χ0) is 24.6. The molecule has 2 aromatic heterocycles. The maximum Gasteiger partial charge on any atom is 0.268 e. The molecular weight excluding hydrogens is 462 g/mol. The molecule has 0 fully saturated rings. The number of benzene rings is 2. The average Bonchev–Trinajstić information content (AvgIpc) is 3.47. The number of methoxy groups -OCH3 is 1. The summed E-state index contributed by atoms with van der Waals surface area (Å²) >= 11 is 1.32. The topological polar surface area (TPSA) is 102 Å². The van der Waals surface area contributed by atoms with E-state index in [9.17, 15) is 10.1 Å². The highest BCUT2D eigenvalue weighted by molar-refractivity contribution is 7.15. The van der Waals surface area contributed by atoms with Crippen LogP contribution in [-0.2, 0) is 17.8 Å². The van der Waals surface area contributed by atoms with E-state index in [0.29, 0.717) is 18.3 Å². The molecule has 35 heavy (non-hydrogen) atoms. The lowest BCUT2D eigenvalue weighted by molar-refractivity contribution is -0.112. The fraction of sp³-hybridized carbons (Fsp3) is 0.231. The van der Waals surface area contributed by atoms with Crippen LogP contribution in [-0.4, -0.2) is 34.4 Å². The Balaban J connectivity index is 1.50. The van der Waals surface area contributed by atoms with Gasteiger partial charge in [-0.15, -0.1) is 10.2 Å². The van der Waals surface area contributed by atoms with Gasteiger partial charge in [0.05, 0.1) is 13.7 Å². The smallest absolute Gasteiger partial charge is 0.268 e. The van der Waals surface area contributed by atoms with Gasteiger partial charge in [-0.2, -0.15) is 5.26 Å². The van der Waals surface area contributed by atoms with E-state index >= 15 is 0 Å². The van der Waals surface area contributed by atoms with E-state index in [1.807, 2.05) is 60.8 Å². The number of para-hydroxylation sites is 1. The van der Waals surface area contributed by atoms with Crippen LogP contribution in [0.1, 0.15) is 23.9 Å². The van der Waals surface area contributed by atoms with Crippen molar-refractivity contribution in [1.29, 1.82) is 5.26 Å². The van der Waals surface area contributed by atoms with E-state index in [4.69, 9.17) is 9.47 Å². The summed E-state index contributed by atoms with van der Waals surface area (Å²) in [5, 5.41) is 22.6. The van der Waals surface area contributed by atoms with Crippen molar-refractivity contribution in [2.24, 2.45) is 0 Å². The van der Waals surface area contributed by atoms with Crippen molar-refractivity contribution >= 4 is 39.4 Å². The minimum Gasteiger partial charge on any atom is -0.497 e. The summed E-state index contributed by atoms with van der Waals surface area (Å²) in [5.41, 5.74) is 1.76. The molecule has 2 aromatic carbocycles. The fourth-order valence-electron chi connectivity index (χ4n) is 3.60. The van der Waals surface area contributed by atoms with Gasteiger partial charge < -0.3 is 14.0 Å². The van der Waals surface area contributed by atoms with Gasteiger partial charge in [0.15, 0.2) is 0 Å². The Hall–Kier alpha value is -4.16. The molecule has 0 unspecified atom stereocenters. The molecule has 0 saturated carbocycles. The number of rotatable bonds is 10. The minimum atomic E-state index is -0.508. The molecule has 4 aromatic rings. The third kappa shape index (κ3) is 5.86. The number of carbonyl (C=O) groups excluding carboxylic acids is 1. The number of nitrogens with zero attached hydrogens (tertiary/aromatic N) is 4. The zero-order valence-electron chi connectivity index (χ0n) is 19.5. The van der Waals surface area contributed by atoms with Crippen molar-refractivity contribution in [3.8, 4) is 17.6 Å². The first-order valence-corrected chi connectivity index (χ1v) is 12.0. The molecule has 4 rings (SSSR count). The van der Waals surface area contributed by atoms with Gasteiger partial charge >= 0.3 is 0 Å². The third-order valence-corrected chi connectivity index (χ3v) is 6.19. The molecule has 0 bridgehead atoms. The van der Waals surface area contributed by atoms with Gasteiger partial charge in [0.25, 0.3) is 5.91 Å². The SMILES string of the molecule is CCCc1nnc(NC(=O)/C(C#N)=C\c2cn(CCOc3ccc(OC)cc3)c3ccccc23)s1. The first-order valence-electron chi connectivity index (χ1n) is 11.2. The van der Waals surface area contributed by atoms with Crippen LogP contribution in [0.5, 0.6) is 11.5 Å². The van der Waals surface area contributed by atoms with Crippen LogP contribution in [0.4, 0.5) is 5.13 Å². The lowest BCUT2D eigenvalue weighted by Gasteiger charge is -2.09. The lowest BCUT2D eigenvalue weighted by atomic mass is 10.1. The molecular formula is C26H25N5O3S. The van der Waals surface area contributed by atoms with Gasteiger partial charge in [-0.05, 0) is 42.8 Å². The zero-order valence-corrected chi connectivity index (χ0v) is 20.3. The highest BCUT2D eigenvalue weighted by Gasteiger charge is 2.15. The normalized spacial score (nSPS) is 11.3. The molecule has 8 nitrogen and oxygen atoms in total. The standard InChI is InChI=1S/C26H25N5O3S/c1-3-6-24-29-30-26(35-24)28-25(32)18(16-27)15-19-17-31(23-8-5-4-7-22(19)23)13-14-34-21-11-9-20(33-2)10-12-21/h4-5,7-12,15,17H,3,6,13-14H2,1-2H3,(H,28,30,32)/b18-15-. The van der Waals surface area contributed by atoms with E-state index < -0.39 is 5.91 Å². The van der Waals surface area contributed by atoms with Crippen LogP contribution in [0.3, 0.4) is 0 Å². The minimum absolute atomic E-state index is 0.00497. The molecule has 0 aliphatic heterocycles. The van der Waals surface area contributed by atoms with E-state index in [1.54, 1.807) is 13.2 Å². The van der Waals surface area contributed by atoms with Crippen LogP contribution in [0.2, 0.25) is 0 Å². The summed E-state index contributed by atoms with van der Waals surface area (Å²) < 4.78 is 13.1. The summed E-state index contributed by atoms with van der Waals surface area (Å²) in [6, 6.07) is 17.3. The number of amides is 1. The highest BCUT2D eigenvalue weighted by Crippen LogP contribution is 2.25. The Kier molecular flexibility index (Phi) is 7.75. The Morgan fingerprint density at radius 1 is 1.17 bits per heavy atom. The van der Waals surface area contributed by atoms with E-state index in [2.05, 4.69) is 27.0 Å².